The van der Waals surface area contributed by atoms with E-state index in [4.69, 9.17) is 33.5 Å². The highest BCUT2D eigenvalue weighted by Gasteiger charge is 2.18. The highest BCUT2D eigenvalue weighted by Crippen LogP contribution is 2.31. The molecule has 1 aromatic heterocycles. The Morgan fingerprint density at radius 1 is 1.05 bits per heavy atom. The molecular formula is C16H14Cl2N2O. The molecule has 0 spiro atoms. The molecule has 108 valence electrons. The number of hydrogen-bond donors (Lipinski definition) is 2. The molecule has 21 heavy (non-hydrogen) atoms. The van der Waals surface area contributed by atoms with Crippen LogP contribution in [0.3, 0.4) is 0 Å². The molecule has 3 N–H and O–H groups in total. The van der Waals surface area contributed by atoms with E-state index in [1.165, 1.54) is 5.56 Å². The number of benzene rings is 2. The quantitative estimate of drug-likeness (QED) is 0.547. The first-order chi connectivity index (χ1) is 10.1. The summed E-state index contributed by atoms with van der Waals surface area (Å²) in [6.07, 6.45) is 0. The van der Waals surface area contributed by atoms with E-state index in [1.54, 1.807) is 12.1 Å². The molecule has 2 aromatic carbocycles. The highest BCUT2D eigenvalue weighted by atomic mass is 35.5. The number of rotatable bonds is 3. The molecule has 0 amide bonds. The summed E-state index contributed by atoms with van der Waals surface area (Å²) in [5, 5.41) is 2.04. The monoisotopic (exact) mass is 320 g/mol. The van der Waals surface area contributed by atoms with Crippen molar-refractivity contribution in [2.75, 3.05) is 0 Å². The van der Waals surface area contributed by atoms with Gasteiger partial charge in [0.1, 0.15) is 17.4 Å². The predicted molar refractivity (Wildman–Crippen MR) is 86.6 cm³/mol. The Bertz CT molecular complexity index is 798. The molecule has 0 saturated carbocycles. The first-order valence-electron chi connectivity index (χ1n) is 6.49. The van der Waals surface area contributed by atoms with Crippen molar-refractivity contribution in [3.8, 4) is 0 Å². The van der Waals surface area contributed by atoms with Crippen molar-refractivity contribution < 1.29 is 4.42 Å². The fraction of sp³-hybridized carbons (Fsp3) is 0.125. The maximum atomic E-state index is 6.07. The van der Waals surface area contributed by atoms with Gasteiger partial charge in [-0.25, -0.2) is 5.43 Å². The lowest BCUT2D eigenvalue weighted by atomic mass is 10.0. The van der Waals surface area contributed by atoms with Gasteiger partial charge in [0.15, 0.2) is 0 Å². The zero-order valence-corrected chi connectivity index (χ0v) is 12.9. The summed E-state index contributed by atoms with van der Waals surface area (Å²) < 4.78 is 5.88. The number of fused-ring (bicyclic) bond motifs is 1. The number of halogens is 2. The molecule has 0 aliphatic rings. The van der Waals surface area contributed by atoms with Crippen molar-refractivity contribution >= 4 is 34.2 Å². The fourth-order valence-corrected chi connectivity index (χ4v) is 2.67. The summed E-state index contributed by atoms with van der Waals surface area (Å²) in [6.45, 7) is 2.05. The molecule has 3 nitrogen and oxygen atoms in total. The van der Waals surface area contributed by atoms with Gasteiger partial charge in [-0.3, -0.25) is 5.84 Å². The van der Waals surface area contributed by atoms with E-state index in [9.17, 15) is 0 Å². The molecule has 1 atom stereocenters. The minimum absolute atomic E-state index is 0.285. The van der Waals surface area contributed by atoms with Crippen LogP contribution in [-0.2, 0) is 0 Å². The van der Waals surface area contributed by atoms with E-state index in [2.05, 4.69) is 11.5 Å². The van der Waals surface area contributed by atoms with Crippen LogP contribution in [0.5, 0.6) is 0 Å². The number of nitrogens with two attached hydrogens (primary N) is 1. The average Bonchev–Trinajstić information content (AvgIpc) is 2.86. The Morgan fingerprint density at radius 3 is 2.57 bits per heavy atom. The summed E-state index contributed by atoms with van der Waals surface area (Å²) in [5.74, 6) is 6.42. The summed E-state index contributed by atoms with van der Waals surface area (Å²) in [4.78, 5) is 0. The SMILES string of the molecule is Cc1ccc2oc(C(NN)c3ccc(Cl)c(Cl)c3)cc2c1. The van der Waals surface area contributed by atoms with Gasteiger partial charge in [-0.2, -0.15) is 0 Å². The van der Waals surface area contributed by atoms with Gasteiger partial charge in [0.05, 0.1) is 10.0 Å². The molecule has 3 aromatic rings. The van der Waals surface area contributed by atoms with Crippen molar-refractivity contribution in [3.05, 3.63) is 69.4 Å². The molecule has 5 heteroatoms. The predicted octanol–water partition coefficient (Wildman–Crippen LogP) is 4.60. The normalized spacial score (nSPS) is 12.8. The summed E-state index contributed by atoms with van der Waals surface area (Å²) in [6, 6.07) is 13.1. The first kappa shape index (κ1) is 14.4. The maximum absolute atomic E-state index is 6.07. The van der Waals surface area contributed by atoms with Crippen LogP contribution in [0.15, 0.2) is 46.9 Å². The molecule has 0 radical (unpaired) electrons. The van der Waals surface area contributed by atoms with Crippen molar-refractivity contribution in [1.82, 2.24) is 5.43 Å². The minimum atomic E-state index is -0.285. The van der Waals surface area contributed by atoms with E-state index in [0.717, 1.165) is 22.3 Å². The van der Waals surface area contributed by atoms with Crippen molar-refractivity contribution in [3.63, 3.8) is 0 Å². The molecule has 1 unspecified atom stereocenters. The molecule has 3 rings (SSSR count). The van der Waals surface area contributed by atoms with Gasteiger partial charge in [0.2, 0.25) is 0 Å². The summed E-state index contributed by atoms with van der Waals surface area (Å²) in [5.41, 5.74) is 5.66. The van der Waals surface area contributed by atoms with Crippen LogP contribution >= 0.6 is 23.2 Å². The van der Waals surface area contributed by atoms with Gasteiger partial charge in [-0.05, 0) is 42.8 Å². The molecule has 0 saturated heterocycles. The summed E-state index contributed by atoms with van der Waals surface area (Å²) in [7, 11) is 0. The van der Waals surface area contributed by atoms with Crippen LogP contribution in [-0.4, -0.2) is 0 Å². The van der Waals surface area contributed by atoms with Crippen LogP contribution in [0, 0.1) is 6.92 Å². The van der Waals surface area contributed by atoms with Crippen molar-refractivity contribution in [2.45, 2.75) is 13.0 Å². The average molecular weight is 321 g/mol. The third-order valence-corrected chi connectivity index (χ3v) is 4.16. The third-order valence-electron chi connectivity index (χ3n) is 3.42. The second kappa shape index (κ2) is 5.70. The second-order valence-corrected chi connectivity index (χ2v) is 5.78. The zero-order valence-electron chi connectivity index (χ0n) is 11.4. The first-order valence-corrected chi connectivity index (χ1v) is 7.25. The number of hydrogen-bond acceptors (Lipinski definition) is 3. The standard InChI is InChI=1S/C16H14Cl2N2O/c1-9-2-5-14-11(6-9)8-15(21-14)16(20-19)10-3-4-12(17)13(18)7-10/h2-8,16,20H,19H2,1H3. The Morgan fingerprint density at radius 2 is 1.86 bits per heavy atom. The van der Waals surface area contributed by atoms with Gasteiger partial charge in [-0.1, -0.05) is 40.9 Å². The topological polar surface area (TPSA) is 51.2 Å². The third kappa shape index (κ3) is 2.78. The van der Waals surface area contributed by atoms with Gasteiger partial charge in [0, 0.05) is 5.39 Å². The van der Waals surface area contributed by atoms with Crippen LogP contribution in [0.25, 0.3) is 11.0 Å². The number of furan rings is 1. The number of aryl methyl sites for hydroxylation is 1. The molecule has 0 aliphatic heterocycles. The molecule has 0 bridgehead atoms. The van der Waals surface area contributed by atoms with E-state index in [0.29, 0.717) is 10.0 Å². The Kier molecular flexibility index (Phi) is 3.91. The Balaban J connectivity index is 2.06. The van der Waals surface area contributed by atoms with E-state index < -0.39 is 0 Å². The summed E-state index contributed by atoms with van der Waals surface area (Å²) >= 11 is 12.0. The molecule has 1 heterocycles. The van der Waals surface area contributed by atoms with Gasteiger partial charge >= 0.3 is 0 Å². The molecule has 0 fully saturated rings. The van der Waals surface area contributed by atoms with E-state index in [1.807, 2.05) is 31.2 Å². The second-order valence-electron chi connectivity index (χ2n) is 4.96. The van der Waals surface area contributed by atoms with Gasteiger partial charge in [0.25, 0.3) is 0 Å². The smallest absolute Gasteiger partial charge is 0.134 e. The number of hydrazine groups is 1. The zero-order chi connectivity index (χ0) is 15.0. The van der Waals surface area contributed by atoms with E-state index in [-0.39, 0.29) is 6.04 Å². The van der Waals surface area contributed by atoms with Crippen LogP contribution in [0.1, 0.15) is 22.9 Å². The van der Waals surface area contributed by atoms with E-state index >= 15 is 0 Å². The van der Waals surface area contributed by atoms with Crippen LogP contribution in [0.2, 0.25) is 10.0 Å². The van der Waals surface area contributed by atoms with Crippen LogP contribution < -0.4 is 11.3 Å². The lowest BCUT2D eigenvalue weighted by Crippen LogP contribution is -2.28. The molecular weight excluding hydrogens is 307 g/mol. The highest BCUT2D eigenvalue weighted by molar-refractivity contribution is 6.42. The van der Waals surface area contributed by atoms with Crippen LogP contribution in [0.4, 0.5) is 0 Å². The lowest BCUT2D eigenvalue weighted by Gasteiger charge is -2.14. The Hall–Kier alpha value is -1.52. The van der Waals surface area contributed by atoms with Crippen molar-refractivity contribution in [2.24, 2.45) is 5.84 Å². The van der Waals surface area contributed by atoms with Gasteiger partial charge in [-0.15, -0.1) is 0 Å². The number of nitrogens with one attached hydrogen (secondary N) is 1. The lowest BCUT2D eigenvalue weighted by molar-refractivity contribution is 0.477. The largest absolute Gasteiger partial charge is 0.459 e. The molecule has 0 aliphatic carbocycles. The minimum Gasteiger partial charge on any atom is -0.459 e. The Labute approximate surface area is 132 Å². The van der Waals surface area contributed by atoms with Crippen molar-refractivity contribution in [1.29, 1.82) is 0 Å². The fourth-order valence-electron chi connectivity index (χ4n) is 2.36. The maximum Gasteiger partial charge on any atom is 0.134 e. The van der Waals surface area contributed by atoms with Gasteiger partial charge < -0.3 is 4.42 Å².